The van der Waals surface area contributed by atoms with Gasteiger partial charge in [-0.15, -0.1) is 0 Å². The average Bonchev–Trinajstić information content (AvgIpc) is 2.05. The van der Waals surface area contributed by atoms with Crippen LogP contribution in [0.3, 0.4) is 0 Å². The summed E-state index contributed by atoms with van der Waals surface area (Å²) in [7, 11) is 1.82. The van der Waals surface area contributed by atoms with Crippen LogP contribution in [0.5, 0.6) is 0 Å². The Bertz CT molecular complexity index is 138. The molecule has 0 amide bonds. The number of rotatable bonds is 4. The van der Waals surface area contributed by atoms with Gasteiger partial charge in [-0.2, -0.15) is 0 Å². The summed E-state index contributed by atoms with van der Waals surface area (Å²) in [6.45, 7) is 9.02. The summed E-state index contributed by atoms with van der Waals surface area (Å²) >= 11 is 0. The normalized spacial score (nSPS) is 11.4. The minimum atomic E-state index is 0.975. The van der Waals surface area contributed by atoms with Crippen LogP contribution >= 0.6 is 0 Å². The lowest BCUT2D eigenvalue weighted by Crippen LogP contribution is -2.25. The molecule has 0 aliphatic rings. The zero-order valence-corrected chi connectivity index (χ0v) is 7.80. The van der Waals surface area contributed by atoms with Gasteiger partial charge >= 0.3 is 0 Å². The Balaban J connectivity index is 4.10. The number of amidine groups is 1. The molecule has 2 nitrogen and oxygen atoms in total. The zero-order valence-electron chi connectivity index (χ0n) is 7.80. The second-order valence-corrected chi connectivity index (χ2v) is 2.37. The summed E-state index contributed by atoms with van der Waals surface area (Å²) < 4.78 is 0. The van der Waals surface area contributed by atoms with E-state index < -0.39 is 0 Å². The van der Waals surface area contributed by atoms with Gasteiger partial charge in [-0.25, -0.2) is 0 Å². The summed E-state index contributed by atoms with van der Waals surface area (Å²) in [6.07, 6.45) is 3.95. The molecule has 0 bridgehead atoms. The van der Waals surface area contributed by atoms with Gasteiger partial charge in [0.2, 0.25) is 0 Å². The van der Waals surface area contributed by atoms with Crippen LogP contribution in [0.15, 0.2) is 17.8 Å². The second-order valence-electron chi connectivity index (χ2n) is 2.37. The third kappa shape index (κ3) is 3.21. The molecule has 11 heavy (non-hydrogen) atoms. The Morgan fingerprint density at radius 1 is 1.55 bits per heavy atom. The highest BCUT2D eigenvalue weighted by molar-refractivity contribution is 5.82. The first-order valence-electron chi connectivity index (χ1n) is 4.14. The minimum Gasteiger partial charge on any atom is -0.337 e. The fraction of sp³-hybridized carbons (Fsp3) is 0.667. The quantitative estimate of drug-likeness (QED) is 0.448. The molecule has 0 rings (SSSR count). The Morgan fingerprint density at radius 2 is 2.18 bits per heavy atom. The van der Waals surface area contributed by atoms with Crippen LogP contribution in [-0.2, 0) is 0 Å². The number of hydrogen-bond donors (Lipinski definition) is 0. The van der Waals surface area contributed by atoms with E-state index in [9.17, 15) is 0 Å². The molecule has 0 atom stereocenters. The van der Waals surface area contributed by atoms with Gasteiger partial charge in [0.25, 0.3) is 0 Å². The van der Waals surface area contributed by atoms with Crippen LogP contribution in [0.1, 0.15) is 26.7 Å². The molecule has 0 saturated heterocycles. The Kier molecular flexibility index (Phi) is 5.53. The lowest BCUT2D eigenvalue weighted by Gasteiger charge is -2.19. The van der Waals surface area contributed by atoms with Crippen molar-refractivity contribution in [3.05, 3.63) is 12.8 Å². The van der Waals surface area contributed by atoms with Gasteiger partial charge in [-0.1, -0.05) is 20.4 Å². The first-order chi connectivity index (χ1) is 5.29. The summed E-state index contributed by atoms with van der Waals surface area (Å²) in [5, 5.41) is 0. The predicted molar refractivity (Wildman–Crippen MR) is 50.8 cm³/mol. The molecule has 0 saturated carbocycles. The van der Waals surface area contributed by atoms with E-state index in [2.05, 4.69) is 30.3 Å². The van der Waals surface area contributed by atoms with Crippen LogP contribution in [0.2, 0.25) is 0 Å². The van der Waals surface area contributed by atoms with E-state index in [-0.39, 0.29) is 0 Å². The lowest BCUT2D eigenvalue weighted by molar-refractivity contribution is 0.539. The molecule has 2 heteroatoms. The van der Waals surface area contributed by atoms with E-state index in [1.165, 1.54) is 0 Å². The summed E-state index contributed by atoms with van der Waals surface area (Å²) in [5.74, 6) is 1.11. The second kappa shape index (κ2) is 5.96. The fourth-order valence-corrected chi connectivity index (χ4v) is 1.06. The lowest BCUT2D eigenvalue weighted by atomic mass is 10.3. The fourth-order valence-electron chi connectivity index (χ4n) is 1.06. The van der Waals surface area contributed by atoms with Gasteiger partial charge in [0.05, 0.1) is 0 Å². The highest BCUT2D eigenvalue weighted by Crippen LogP contribution is 1.98. The number of aliphatic imine (C=N–C) groups is 1. The topological polar surface area (TPSA) is 15.6 Å². The molecular formula is C9H18N2. The summed E-state index contributed by atoms with van der Waals surface area (Å²) in [6, 6.07) is 0. The van der Waals surface area contributed by atoms with Crippen LogP contribution in [0, 0.1) is 0 Å². The standard InChI is InChI=1S/C9H18N2/c1-5-8-11(7-3)9(6-2)10-4/h7H,3,5-6,8H2,1-2,4H3/b10-9-. The SMILES string of the molecule is C=CN(CCC)/C(CC)=N\C. The monoisotopic (exact) mass is 154 g/mol. The molecule has 64 valence electrons. The van der Waals surface area contributed by atoms with Crippen molar-refractivity contribution in [3.8, 4) is 0 Å². The molecule has 0 fully saturated rings. The van der Waals surface area contributed by atoms with E-state index >= 15 is 0 Å². The largest absolute Gasteiger partial charge is 0.337 e. The number of hydrogen-bond acceptors (Lipinski definition) is 1. The van der Waals surface area contributed by atoms with E-state index in [4.69, 9.17) is 0 Å². The average molecular weight is 154 g/mol. The molecule has 0 spiro atoms. The van der Waals surface area contributed by atoms with E-state index in [1.807, 2.05) is 13.2 Å². The van der Waals surface area contributed by atoms with Crippen LogP contribution < -0.4 is 0 Å². The Morgan fingerprint density at radius 3 is 2.45 bits per heavy atom. The van der Waals surface area contributed by atoms with Crippen LogP contribution in [-0.4, -0.2) is 24.3 Å². The van der Waals surface area contributed by atoms with Crippen molar-refractivity contribution >= 4 is 5.84 Å². The van der Waals surface area contributed by atoms with Gasteiger partial charge < -0.3 is 4.90 Å². The smallest absolute Gasteiger partial charge is 0.102 e. The van der Waals surface area contributed by atoms with Crippen molar-refractivity contribution in [2.24, 2.45) is 4.99 Å². The molecular weight excluding hydrogens is 136 g/mol. The highest BCUT2D eigenvalue weighted by atomic mass is 15.2. The van der Waals surface area contributed by atoms with Crippen molar-refractivity contribution in [3.63, 3.8) is 0 Å². The van der Waals surface area contributed by atoms with Crippen molar-refractivity contribution < 1.29 is 0 Å². The molecule has 0 heterocycles. The molecule has 0 radical (unpaired) electrons. The van der Waals surface area contributed by atoms with Gasteiger partial charge in [0, 0.05) is 20.0 Å². The first-order valence-corrected chi connectivity index (χ1v) is 4.14. The van der Waals surface area contributed by atoms with E-state index in [0.717, 1.165) is 25.2 Å². The third-order valence-electron chi connectivity index (χ3n) is 1.59. The maximum absolute atomic E-state index is 4.17. The summed E-state index contributed by atoms with van der Waals surface area (Å²) in [5.41, 5.74) is 0. The van der Waals surface area contributed by atoms with Gasteiger partial charge in [-0.05, 0) is 12.6 Å². The zero-order chi connectivity index (χ0) is 8.69. The third-order valence-corrected chi connectivity index (χ3v) is 1.59. The number of nitrogens with zero attached hydrogens (tertiary/aromatic N) is 2. The van der Waals surface area contributed by atoms with Gasteiger partial charge in [0.15, 0.2) is 0 Å². The van der Waals surface area contributed by atoms with Gasteiger partial charge in [-0.3, -0.25) is 4.99 Å². The van der Waals surface area contributed by atoms with Crippen molar-refractivity contribution in [1.29, 1.82) is 0 Å². The van der Waals surface area contributed by atoms with Gasteiger partial charge in [0.1, 0.15) is 5.84 Å². The minimum absolute atomic E-state index is 0.975. The molecule has 0 aromatic rings. The molecule has 0 aromatic heterocycles. The summed E-state index contributed by atoms with van der Waals surface area (Å²) in [4.78, 5) is 6.26. The molecule has 0 N–H and O–H groups in total. The molecule has 0 unspecified atom stereocenters. The molecule has 0 aromatic carbocycles. The van der Waals surface area contributed by atoms with Crippen molar-refractivity contribution in [2.45, 2.75) is 26.7 Å². The molecule has 0 aliphatic carbocycles. The van der Waals surface area contributed by atoms with E-state index in [1.54, 1.807) is 0 Å². The van der Waals surface area contributed by atoms with E-state index in [0.29, 0.717) is 0 Å². The first kappa shape index (κ1) is 10.2. The maximum Gasteiger partial charge on any atom is 0.102 e. The highest BCUT2D eigenvalue weighted by Gasteiger charge is 2.01. The Labute approximate surface area is 69.6 Å². The Hall–Kier alpha value is -0.790. The van der Waals surface area contributed by atoms with Crippen molar-refractivity contribution in [1.82, 2.24) is 4.90 Å². The van der Waals surface area contributed by atoms with Crippen molar-refractivity contribution in [2.75, 3.05) is 13.6 Å². The molecule has 0 aliphatic heterocycles. The maximum atomic E-state index is 4.17. The van der Waals surface area contributed by atoms with Crippen LogP contribution in [0.25, 0.3) is 0 Å². The predicted octanol–water partition coefficient (Wildman–Crippen LogP) is 2.28. The van der Waals surface area contributed by atoms with Crippen LogP contribution in [0.4, 0.5) is 0 Å².